The number of aryl methyl sites for hydroxylation is 2. The number of aromatic nitrogens is 2. The maximum absolute atomic E-state index is 12.8. The molecule has 0 atom stereocenters. The van der Waals surface area contributed by atoms with E-state index >= 15 is 0 Å². The van der Waals surface area contributed by atoms with Crippen molar-refractivity contribution in [3.8, 4) is 0 Å². The molecule has 1 fully saturated rings. The Morgan fingerprint density at radius 1 is 1.03 bits per heavy atom. The smallest absolute Gasteiger partial charge is 0.295 e. The summed E-state index contributed by atoms with van der Waals surface area (Å²) in [5, 5.41) is 1.08. The lowest BCUT2D eigenvalue weighted by atomic mass is 10.2. The van der Waals surface area contributed by atoms with Crippen molar-refractivity contribution in [1.82, 2.24) is 19.6 Å². The summed E-state index contributed by atoms with van der Waals surface area (Å²) in [5.74, 6) is -0.810. The molecule has 0 radical (unpaired) electrons. The van der Waals surface area contributed by atoms with E-state index in [9.17, 15) is 14.4 Å². The normalized spacial score (nSPS) is 15.5. The third-order valence-electron chi connectivity index (χ3n) is 4.64. The minimum Gasteiger partial charge on any atom is -0.295 e. The number of hydrogen-bond acceptors (Lipinski definition) is 5. The molecule has 0 saturated carbocycles. The third kappa shape index (κ3) is 3.39. The SMILES string of the molecule is Cn1c(=O)n(C)c2cc(/C=C3/SC(=S)N(NC(=O)c4ccccc4)C3=O)ccc21. The molecule has 2 aromatic carbocycles. The molecule has 2 heterocycles. The van der Waals surface area contributed by atoms with E-state index in [1.165, 1.54) is 0 Å². The van der Waals surface area contributed by atoms with E-state index < -0.39 is 11.8 Å². The minimum absolute atomic E-state index is 0.118. The van der Waals surface area contributed by atoms with Gasteiger partial charge in [0, 0.05) is 19.7 Å². The molecule has 0 spiro atoms. The van der Waals surface area contributed by atoms with E-state index in [1.807, 2.05) is 18.2 Å². The Bertz CT molecular complexity index is 1260. The van der Waals surface area contributed by atoms with Crippen LogP contribution in [0.5, 0.6) is 0 Å². The lowest BCUT2D eigenvalue weighted by Gasteiger charge is -2.15. The highest BCUT2D eigenvalue weighted by atomic mass is 32.2. The molecule has 1 N–H and O–H groups in total. The Kier molecular flexibility index (Phi) is 4.85. The Morgan fingerprint density at radius 2 is 1.72 bits per heavy atom. The molecular formula is C20H16N4O3S2. The first-order chi connectivity index (χ1) is 13.9. The Labute approximate surface area is 175 Å². The molecule has 3 aromatic rings. The van der Waals surface area contributed by atoms with E-state index in [1.54, 1.807) is 59.6 Å². The number of hydrazine groups is 1. The Hall–Kier alpha value is -3.17. The average Bonchev–Trinajstić information content (AvgIpc) is 3.11. The van der Waals surface area contributed by atoms with Gasteiger partial charge in [-0.25, -0.2) is 4.79 Å². The van der Waals surface area contributed by atoms with Crippen molar-refractivity contribution in [1.29, 1.82) is 0 Å². The molecule has 1 aromatic heterocycles. The van der Waals surface area contributed by atoms with Gasteiger partial charge >= 0.3 is 5.69 Å². The number of imidazole rings is 1. The van der Waals surface area contributed by atoms with Crippen LogP contribution in [-0.4, -0.2) is 30.3 Å². The van der Waals surface area contributed by atoms with Gasteiger partial charge in [-0.2, -0.15) is 5.01 Å². The highest BCUT2D eigenvalue weighted by molar-refractivity contribution is 8.26. The summed E-state index contributed by atoms with van der Waals surface area (Å²) >= 11 is 6.37. The summed E-state index contributed by atoms with van der Waals surface area (Å²) in [6, 6.07) is 14.1. The largest absolute Gasteiger partial charge is 0.328 e. The Balaban J connectivity index is 1.61. The number of thiocarbonyl (C=S) groups is 1. The van der Waals surface area contributed by atoms with Crippen molar-refractivity contribution in [2.24, 2.45) is 14.1 Å². The molecule has 7 nitrogen and oxygen atoms in total. The van der Waals surface area contributed by atoms with E-state index in [-0.39, 0.29) is 10.0 Å². The molecule has 1 saturated heterocycles. The average molecular weight is 425 g/mol. The molecule has 4 rings (SSSR count). The van der Waals surface area contributed by atoms with Gasteiger partial charge in [0.2, 0.25) is 0 Å². The van der Waals surface area contributed by atoms with Crippen molar-refractivity contribution >= 4 is 57.2 Å². The predicted octanol–water partition coefficient (Wildman–Crippen LogP) is 2.42. The highest BCUT2D eigenvalue weighted by Crippen LogP contribution is 2.32. The second-order valence-corrected chi connectivity index (χ2v) is 8.15. The van der Waals surface area contributed by atoms with Gasteiger partial charge in [0.1, 0.15) is 0 Å². The second kappa shape index (κ2) is 7.34. The first-order valence-electron chi connectivity index (χ1n) is 8.66. The molecule has 9 heteroatoms. The zero-order chi connectivity index (χ0) is 20.7. The Morgan fingerprint density at radius 3 is 2.45 bits per heavy atom. The van der Waals surface area contributed by atoms with Gasteiger partial charge in [-0.3, -0.25) is 24.1 Å². The van der Waals surface area contributed by atoms with Crippen molar-refractivity contribution in [3.05, 3.63) is 75.0 Å². The predicted molar refractivity (Wildman–Crippen MR) is 117 cm³/mol. The fourth-order valence-electron chi connectivity index (χ4n) is 3.08. The number of hydrogen-bond donors (Lipinski definition) is 1. The van der Waals surface area contributed by atoms with Crippen LogP contribution in [0.25, 0.3) is 17.1 Å². The number of nitrogens with zero attached hydrogens (tertiary/aromatic N) is 3. The summed E-state index contributed by atoms with van der Waals surface area (Å²) in [6.07, 6.45) is 1.70. The highest BCUT2D eigenvalue weighted by Gasteiger charge is 2.33. The topological polar surface area (TPSA) is 76.3 Å². The summed E-state index contributed by atoms with van der Waals surface area (Å²) in [5.41, 5.74) is 5.19. The van der Waals surface area contributed by atoms with Gasteiger partial charge in [0.25, 0.3) is 11.8 Å². The van der Waals surface area contributed by atoms with E-state index in [4.69, 9.17) is 12.2 Å². The molecule has 0 unspecified atom stereocenters. The minimum atomic E-state index is -0.413. The van der Waals surface area contributed by atoms with Crippen LogP contribution < -0.4 is 11.1 Å². The zero-order valence-corrected chi connectivity index (χ0v) is 17.2. The standard InChI is InChI=1S/C20H16N4O3S2/c1-22-14-9-8-12(10-15(14)23(2)19(22)27)11-16-18(26)24(20(28)29-16)21-17(25)13-6-4-3-5-7-13/h3-11H,1-2H3,(H,21,25)/b16-11+. The van der Waals surface area contributed by atoms with Crippen molar-refractivity contribution in [2.75, 3.05) is 0 Å². The second-order valence-electron chi connectivity index (χ2n) is 6.47. The van der Waals surface area contributed by atoms with E-state index in [2.05, 4.69) is 5.43 Å². The van der Waals surface area contributed by atoms with Crippen LogP contribution in [0, 0.1) is 0 Å². The first-order valence-corrected chi connectivity index (χ1v) is 9.89. The lowest BCUT2D eigenvalue weighted by Crippen LogP contribution is -2.44. The maximum atomic E-state index is 12.8. The van der Waals surface area contributed by atoms with Crippen LogP contribution in [-0.2, 0) is 18.9 Å². The van der Waals surface area contributed by atoms with Crippen LogP contribution in [0.4, 0.5) is 0 Å². The molecule has 146 valence electrons. The summed E-state index contributed by atoms with van der Waals surface area (Å²) < 4.78 is 3.37. The fourth-order valence-corrected chi connectivity index (χ4v) is 4.26. The van der Waals surface area contributed by atoms with Crippen LogP contribution in [0.15, 0.2) is 58.2 Å². The summed E-state index contributed by atoms with van der Waals surface area (Å²) in [7, 11) is 3.41. The van der Waals surface area contributed by atoms with Gasteiger partial charge in [-0.15, -0.1) is 0 Å². The first kappa shape index (κ1) is 19.2. The van der Waals surface area contributed by atoms with Gasteiger partial charge in [-0.05, 0) is 48.1 Å². The fraction of sp³-hybridized carbons (Fsp3) is 0.100. The van der Waals surface area contributed by atoms with Crippen molar-refractivity contribution < 1.29 is 9.59 Å². The summed E-state index contributed by atoms with van der Waals surface area (Å²) in [6.45, 7) is 0. The van der Waals surface area contributed by atoms with E-state index in [0.29, 0.717) is 10.5 Å². The van der Waals surface area contributed by atoms with Gasteiger partial charge < -0.3 is 0 Å². The lowest BCUT2D eigenvalue weighted by molar-refractivity contribution is -0.123. The zero-order valence-electron chi connectivity index (χ0n) is 15.6. The number of rotatable bonds is 3. The number of thioether (sulfide) groups is 1. The third-order valence-corrected chi connectivity index (χ3v) is 5.94. The molecule has 2 amide bonds. The molecule has 0 aliphatic carbocycles. The van der Waals surface area contributed by atoms with Crippen LogP contribution in [0.1, 0.15) is 15.9 Å². The summed E-state index contributed by atoms with van der Waals surface area (Å²) in [4.78, 5) is 37.6. The number of amides is 2. The number of benzene rings is 2. The van der Waals surface area contributed by atoms with Gasteiger partial charge in [0.15, 0.2) is 4.32 Å². The van der Waals surface area contributed by atoms with E-state index in [0.717, 1.165) is 33.4 Å². The van der Waals surface area contributed by atoms with Gasteiger partial charge in [0.05, 0.1) is 15.9 Å². The van der Waals surface area contributed by atoms with Gasteiger partial charge in [-0.1, -0.05) is 36.0 Å². The van der Waals surface area contributed by atoms with Crippen molar-refractivity contribution in [3.63, 3.8) is 0 Å². The number of carbonyl (C=O) groups is 2. The molecule has 0 bridgehead atoms. The van der Waals surface area contributed by atoms with Crippen LogP contribution in [0.3, 0.4) is 0 Å². The monoisotopic (exact) mass is 424 g/mol. The number of nitrogens with one attached hydrogen (secondary N) is 1. The number of fused-ring (bicyclic) bond motifs is 1. The molecule has 29 heavy (non-hydrogen) atoms. The quantitative estimate of drug-likeness (QED) is 0.516. The van der Waals surface area contributed by atoms with Crippen molar-refractivity contribution in [2.45, 2.75) is 0 Å². The van der Waals surface area contributed by atoms with Crippen LogP contribution >= 0.6 is 24.0 Å². The molecular weight excluding hydrogens is 408 g/mol. The van der Waals surface area contributed by atoms with Crippen LogP contribution in [0.2, 0.25) is 0 Å². The molecule has 1 aliphatic heterocycles. The number of carbonyl (C=O) groups excluding carboxylic acids is 2. The molecule has 1 aliphatic rings. The maximum Gasteiger partial charge on any atom is 0.328 e.